The van der Waals surface area contributed by atoms with Gasteiger partial charge in [-0.15, -0.1) is 0 Å². The monoisotopic (exact) mass is 474 g/mol. The predicted octanol–water partition coefficient (Wildman–Crippen LogP) is 7.07. The van der Waals surface area contributed by atoms with Crippen molar-refractivity contribution in [1.29, 1.82) is 0 Å². The molecule has 2 heterocycles. The van der Waals surface area contributed by atoms with Gasteiger partial charge in [0.05, 0.1) is 36.3 Å². The lowest BCUT2D eigenvalue weighted by molar-refractivity contribution is 0.415. The first-order valence-electron chi connectivity index (χ1n) is 11.8. The minimum Gasteiger partial charge on any atom is -0.497 e. The summed E-state index contributed by atoms with van der Waals surface area (Å²) in [7, 11) is 3.35. The number of hydrogen-bond donors (Lipinski definition) is 2. The number of imidazole rings is 2. The van der Waals surface area contributed by atoms with Gasteiger partial charge in [-0.2, -0.15) is 0 Å². The first-order chi connectivity index (χ1) is 17.5. The SMILES string of the molecule is COc1ccc(-c2cc(C)cc3[nH]c(-c4nc5c(-c6ccc(OC)cc6)cc(C)cc5[nH]4)nc23)cc1. The summed E-state index contributed by atoms with van der Waals surface area (Å²) in [5.74, 6) is 3.07. The van der Waals surface area contributed by atoms with E-state index in [0.29, 0.717) is 11.6 Å². The second-order valence-corrected chi connectivity index (χ2v) is 9.05. The number of aromatic amines is 2. The van der Waals surface area contributed by atoms with Crippen LogP contribution in [0.25, 0.3) is 56.0 Å². The van der Waals surface area contributed by atoms with E-state index in [1.165, 1.54) is 0 Å². The Labute approximate surface area is 209 Å². The van der Waals surface area contributed by atoms with Gasteiger partial charge in [-0.25, -0.2) is 9.97 Å². The molecule has 6 rings (SSSR count). The molecule has 6 heteroatoms. The number of H-pyrrole nitrogens is 2. The third-order valence-corrected chi connectivity index (χ3v) is 6.49. The van der Waals surface area contributed by atoms with Crippen molar-refractivity contribution in [3.8, 4) is 45.4 Å². The van der Waals surface area contributed by atoms with Crippen LogP contribution in [0.2, 0.25) is 0 Å². The molecule has 0 amide bonds. The Morgan fingerprint density at radius 1 is 0.556 bits per heavy atom. The van der Waals surface area contributed by atoms with Crippen molar-refractivity contribution in [1.82, 2.24) is 19.9 Å². The maximum Gasteiger partial charge on any atom is 0.174 e. The molecule has 36 heavy (non-hydrogen) atoms. The molecule has 0 aliphatic carbocycles. The zero-order valence-corrected chi connectivity index (χ0v) is 20.6. The summed E-state index contributed by atoms with van der Waals surface area (Å²) in [5.41, 5.74) is 10.4. The molecule has 0 radical (unpaired) electrons. The van der Waals surface area contributed by atoms with Crippen LogP contribution in [0.15, 0.2) is 72.8 Å². The van der Waals surface area contributed by atoms with E-state index >= 15 is 0 Å². The van der Waals surface area contributed by atoms with E-state index in [-0.39, 0.29) is 0 Å². The maximum atomic E-state index is 5.33. The van der Waals surface area contributed by atoms with E-state index in [2.05, 4.69) is 72.3 Å². The molecule has 2 aromatic heterocycles. The highest BCUT2D eigenvalue weighted by molar-refractivity contribution is 5.96. The van der Waals surface area contributed by atoms with Crippen molar-refractivity contribution in [3.63, 3.8) is 0 Å². The fraction of sp³-hybridized carbons (Fsp3) is 0.133. The Bertz CT molecular complexity index is 1580. The molecule has 2 N–H and O–H groups in total. The van der Waals surface area contributed by atoms with Gasteiger partial charge >= 0.3 is 0 Å². The van der Waals surface area contributed by atoms with Crippen molar-refractivity contribution in [2.75, 3.05) is 14.2 Å². The molecule has 6 aromatic rings. The number of aryl methyl sites for hydroxylation is 2. The Kier molecular flexibility index (Phi) is 5.22. The number of nitrogens with zero attached hydrogens (tertiary/aromatic N) is 2. The number of aromatic nitrogens is 4. The standard InChI is InChI=1S/C30H26N4O2/c1-17-13-23(19-5-9-21(35-3)10-6-19)27-25(15-17)31-29(33-27)30-32-26-16-18(2)14-24(28(26)34-30)20-7-11-22(36-4)12-8-20/h5-16H,1-4H3,(H,31,33)(H,32,34). The topological polar surface area (TPSA) is 75.8 Å². The summed E-state index contributed by atoms with van der Waals surface area (Å²) in [6.45, 7) is 4.19. The van der Waals surface area contributed by atoms with E-state index < -0.39 is 0 Å². The van der Waals surface area contributed by atoms with Gasteiger partial charge in [0, 0.05) is 11.1 Å². The fourth-order valence-corrected chi connectivity index (χ4v) is 4.73. The van der Waals surface area contributed by atoms with Gasteiger partial charge in [-0.1, -0.05) is 24.3 Å². The van der Waals surface area contributed by atoms with Crippen LogP contribution in [0.4, 0.5) is 0 Å². The zero-order valence-electron chi connectivity index (χ0n) is 20.6. The first-order valence-corrected chi connectivity index (χ1v) is 11.8. The minimum absolute atomic E-state index is 0.708. The molecule has 0 unspecified atom stereocenters. The summed E-state index contributed by atoms with van der Waals surface area (Å²) in [5, 5.41) is 0. The molecular weight excluding hydrogens is 448 g/mol. The van der Waals surface area contributed by atoms with E-state index in [0.717, 1.165) is 66.9 Å². The second kappa shape index (κ2) is 8.57. The summed E-state index contributed by atoms with van der Waals surface area (Å²) < 4.78 is 10.7. The van der Waals surface area contributed by atoms with Crippen LogP contribution in [-0.4, -0.2) is 34.2 Å². The molecule has 0 saturated heterocycles. The molecule has 0 atom stereocenters. The summed E-state index contributed by atoms with van der Waals surface area (Å²) in [6, 6.07) is 24.7. The molecule has 0 spiro atoms. The highest BCUT2D eigenvalue weighted by Crippen LogP contribution is 2.34. The number of hydrogen-bond acceptors (Lipinski definition) is 4. The Balaban J connectivity index is 1.48. The molecule has 178 valence electrons. The third kappa shape index (κ3) is 3.77. The second-order valence-electron chi connectivity index (χ2n) is 9.05. The van der Waals surface area contributed by atoms with Crippen molar-refractivity contribution in [2.24, 2.45) is 0 Å². The van der Waals surface area contributed by atoms with E-state index in [1.807, 2.05) is 24.3 Å². The van der Waals surface area contributed by atoms with Gasteiger partial charge in [0.25, 0.3) is 0 Å². The van der Waals surface area contributed by atoms with Crippen LogP contribution in [0, 0.1) is 13.8 Å². The molecule has 0 fully saturated rings. The van der Waals surface area contributed by atoms with Crippen molar-refractivity contribution in [3.05, 3.63) is 83.9 Å². The summed E-state index contributed by atoms with van der Waals surface area (Å²) in [4.78, 5) is 17.0. The smallest absolute Gasteiger partial charge is 0.174 e. The highest BCUT2D eigenvalue weighted by atomic mass is 16.5. The van der Waals surface area contributed by atoms with Crippen LogP contribution in [0.5, 0.6) is 11.5 Å². The predicted molar refractivity (Wildman–Crippen MR) is 145 cm³/mol. The van der Waals surface area contributed by atoms with Crippen molar-refractivity contribution < 1.29 is 9.47 Å². The zero-order chi connectivity index (χ0) is 24.8. The Hall–Kier alpha value is -4.58. The third-order valence-electron chi connectivity index (χ3n) is 6.49. The lowest BCUT2D eigenvalue weighted by Gasteiger charge is -2.06. The van der Waals surface area contributed by atoms with E-state index in [9.17, 15) is 0 Å². The molecule has 4 aromatic carbocycles. The van der Waals surface area contributed by atoms with Gasteiger partial charge in [-0.3, -0.25) is 0 Å². The number of fused-ring (bicyclic) bond motifs is 2. The van der Waals surface area contributed by atoms with Crippen LogP contribution in [0.3, 0.4) is 0 Å². The van der Waals surface area contributed by atoms with Crippen LogP contribution in [0.1, 0.15) is 11.1 Å². The number of nitrogens with one attached hydrogen (secondary N) is 2. The van der Waals surface area contributed by atoms with Crippen LogP contribution < -0.4 is 9.47 Å². The highest BCUT2D eigenvalue weighted by Gasteiger charge is 2.16. The maximum absolute atomic E-state index is 5.33. The minimum atomic E-state index is 0.708. The average molecular weight is 475 g/mol. The van der Waals surface area contributed by atoms with Gasteiger partial charge in [0.2, 0.25) is 0 Å². The molecule has 0 aliphatic heterocycles. The summed E-state index contributed by atoms with van der Waals surface area (Å²) in [6.07, 6.45) is 0. The van der Waals surface area contributed by atoms with E-state index in [1.54, 1.807) is 14.2 Å². The first kappa shape index (κ1) is 21.9. The van der Waals surface area contributed by atoms with E-state index in [4.69, 9.17) is 19.4 Å². The van der Waals surface area contributed by atoms with Crippen LogP contribution in [-0.2, 0) is 0 Å². The Morgan fingerprint density at radius 3 is 1.31 bits per heavy atom. The van der Waals surface area contributed by atoms with Crippen molar-refractivity contribution >= 4 is 22.1 Å². The lowest BCUT2D eigenvalue weighted by atomic mass is 10.0. The molecule has 0 aliphatic rings. The molecule has 0 saturated carbocycles. The number of benzene rings is 4. The van der Waals surface area contributed by atoms with Crippen molar-refractivity contribution in [2.45, 2.75) is 13.8 Å². The molecule has 6 nitrogen and oxygen atoms in total. The molecular formula is C30H26N4O2. The lowest BCUT2D eigenvalue weighted by Crippen LogP contribution is -1.86. The number of methoxy groups -OCH3 is 2. The average Bonchev–Trinajstić information content (AvgIpc) is 3.52. The quantitative estimate of drug-likeness (QED) is 0.280. The largest absolute Gasteiger partial charge is 0.497 e. The van der Waals surface area contributed by atoms with Gasteiger partial charge in [0.1, 0.15) is 11.5 Å². The molecule has 0 bridgehead atoms. The van der Waals surface area contributed by atoms with Gasteiger partial charge < -0.3 is 19.4 Å². The Morgan fingerprint density at radius 2 is 0.944 bits per heavy atom. The fourth-order valence-electron chi connectivity index (χ4n) is 4.73. The number of rotatable bonds is 5. The normalized spacial score (nSPS) is 11.3. The number of ether oxygens (including phenoxy) is 2. The van der Waals surface area contributed by atoms with Crippen LogP contribution >= 0.6 is 0 Å². The summed E-state index contributed by atoms with van der Waals surface area (Å²) >= 11 is 0. The van der Waals surface area contributed by atoms with Gasteiger partial charge in [-0.05, 0) is 84.6 Å². The van der Waals surface area contributed by atoms with Gasteiger partial charge in [0.15, 0.2) is 11.6 Å².